The zero-order valence-corrected chi connectivity index (χ0v) is 11.1. The minimum Gasteiger partial charge on any atom is -0.444 e. The number of benzene rings is 1. The number of carbonyl (C=O) groups excluding carboxylic acids is 2. The Labute approximate surface area is 119 Å². The molecule has 0 bridgehead atoms. The summed E-state index contributed by atoms with van der Waals surface area (Å²) in [4.78, 5) is 27.7. The van der Waals surface area contributed by atoms with Crippen molar-refractivity contribution in [2.24, 2.45) is 0 Å². The first-order chi connectivity index (χ1) is 10.1. The van der Waals surface area contributed by atoms with Crippen LogP contribution in [0.3, 0.4) is 0 Å². The molecule has 106 valence electrons. The molecule has 1 amide bonds. The first kappa shape index (κ1) is 13.1. The largest absolute Gasteiger partial charge is 0.444 e. The number of Topliss-reactive ketones (excluding diaryl/α,β-unsaturated/α-hetero) is 1. The predicted octanol–water partition coefficient (Wildman–Crippen LogP) is 1.50. The lowest BCUT2D eigenvalue weighted by atomic mass is 9.96. The molecule has 3 rings (SSSR count). The van der Waals surface area contributed by atoms with Crippen molar-refractivity contribution in [1.29, 1.82) is 5.26 Å². The molecule has 0 saturated carbocycles. The molecule has 1 aliphatic heterocycles. The van der Waals surface area contributed by atoms with E-state index in [0.717, 1.165) is 0 Å². The van der Waals surface area contributed by atoms with Gasteiger partial charge in [0.15, 0.2) is 17.3 Å². The van der Waals surface area contributed by atoms with E-state index >= 15 is 0 Å². The fourth-order valence-electron chi connectivity index (χ4n) is 2.25. The topological polar surface area (TPSA) is 105 Å². The molecule has 1 N–H and O–H groups in total. The first-order valence-electron chi connectivity index (χ1n) is 6.36. The third-order valence-corrected chi connectivity index (χ3v) is 3.31. The van der Waals surface area contributed by atoms with Gasteiger partial charge in [0.25, 0.3) is 0 Å². The fourth-order valence-corrected chi connectivity index (χ4v) is 2.25. The van der Waals surface area contributed by atoms with Crippen LogP contribution in [0.4, 0.5) is 4.79 Å². The predicted molar refractivity (Wildman–Crippen MR) is 70.2 cm³/mol. The highest BCUT2D eigenvalue weighted by atomic mass is 16.6. The number of aromatic nitrogens is 1. The van der Waals surface area contributed by atoms with Crippen molar-refractivity contribution in [3.05, 3.63) is 30.2 Å². The summed E-state index contributed by atoms with van der Waals surface area (Å²) in [6.45, 7) is 1.58. The molecule has 0 radical (unpaired) electrons. The second-order valence-electron chi connectivity index (χ2n) is 4.72. The Hall–Kier alpha value is -2.88. The second-order valence-corrected chi connectivity index (χ2v) is 4.72. The number of oxazole rings is 1. The van der Waals surface area contributed by atoms with Crippen LogP contribution in [0.25, 0.3) is 11.1 Å². The average Bonchev–Trinajstić information content (AvgIpc) is 3.02. The van der Waals surface area contributed by atoms with E-state index in [4.69, 9.17) is 9.15 Å². The van der Waals surface area contributed by atoms with Gasteiger partial charge in [-0.05, 0) is 19.1 Å². The van der Waals surface area contributed by atoms with Gasteiger partial charge in [-0.25, -0.2) is 9.78 Å². The average molecular weight is 285 g/mol. The summed E-state index contributed by atoms with van der Waals surface area (Å²) in [6, 6.07) is 7.98. The lowest BCUT2D eigenvalue weighted by molar-refractivity contribution is -0.122. The number of ether oxygens (including phenoxy) is 1. The van der Waals surface area contributed by atoms with Crippen molar-refractivity contribution in [3.8, 4) is 6.07 Å². The Balaban J connectivity index is 1.93. The first-order valence-corrected chi connectivity index (χ1v) is 6.36. The van der Waals surface area contributed by atoms with Crippen LogP contribution >= 0.6 is 0 Å². The summed E-state index contributed by atoms with van der Waals surface area (Å²) >= 11 is 0. The second kappa shape index (κ2) is 4.90. The molecule has 21 heavy (non-hydrogen) atoms. The summed E-state index contributed by atoms with van der Waals surface area (Å²) in [5.41, 5.74) is 1.07. The number of carbonyl (C=O) groups is 2. The molecule has 1 fully saturated rings. The highest BCUT2D eigenvalue weighted by Gasteiger charge is 2.41. The van der Waals surface area contributed by atoms with Crippen molar-refractivity contribution < 1.29 is 18.7 Å². The Morgan fingerprint density at radius 3 is 2.86 bits per heavy atom. The van der Waals surface area contributed by atoms with Gasteiger partial charge in [-0.3, -0.25) is 4.79 Å². The molecule has 1 aliphatic rings. The van der Waals surface area contributed by atoms with Crippen molar-refractivity contribution >= 4 is 23.0 Å². The Morgan fingerprint density at radius 1 is 1.48 bits per heavy atom. The van der Waals surface area contributed by atoms with Gasteiger partial charge in [0, 0.05) is 0 Å². The van der Waals surface area contributed by atoms with Crippen molar-refractivity contribution in [1.82, 2.24) is 10.3 Å². The number of hydrogen-bond donors (Lipinski definition) is 1. The number of nitrogens with zero attached hydrogens (tertiary/aromatic N) is 2. The van der Waals surface area contributed by atoms with Gasteiger partial charge in [-0.15, -0.1) is 0 Å². The number of nitrogens with one attached hydrogen (secondary N) is 1. The summed E-state index contributed by atoms with van der Waals surface area (Å²) in [6.07, 6.45) is -1.31. The molecule has 3 atom stereocenters. The van der Waals surface area contributed by atoms with Crippen molar-refractivity contribution in [2.45, 2.75) is 25.0 Å². The summed E-state index contributed by atoms with van der Waals surface area (Å²) in [7, 11) is 0. The van der Waals surface area contributed by atoms with Crippen LogP contribution < -0.4 is 5.32 Å². The summed E-state index contributed by atoms with van der Waals surface area (Å²) in [5, 5.41) is 11.7. The Bertz CT molecular complexity index is 728. The van der Waals surface area contributed by atoms with Crippen LogP contribution in [0.5, 0.6) is 0 Å². The third kappa shape index (κ3) is 2.21. The van der Waals surface area contributed by atoms with E-state index in [2.05, 4.69) is 10.3 Å². The summed E-state index contributed by atoms with van der Waals surface area (Å²) in [5.74, 6) is -1.66. The minimum absolute atomic E-state index is 0.0250. The van der Waals surface area contributed by atoms with Crippen LogP contribution in [0.15, 0.2) is 28.7 Å². The molecule has 0 aliphatic carbocycles. The van der Waals surface area contributed by atoms with Gasteiger partial charge in [0.05, 0.1) is 6.07 Å². The van der Waals surface area contributed by atoms with Gasteiger partial charge in [-0.2, -0.15) is 5.26 Å². The van der Waals surface area contributed by atoms with Gasteiger partial charge >= 0.3 is 6.09 Å². The molecule has 7 nitrogen and oxygen atoms in total. The lowest BCUT2D eigenvalue weighted by Crippen LogP contribution is -2.41. The van der Waals surface area contributed by atoms with Gasteiger partial charge < -0.3 is 14.5 Å². The molecule has 7 heteroatoms. The number of rotatable bonds is 3. The highest BCUT2D eigenvalue weighted by Crippen LogP contribution is 2.24. The third-order valence-electron chi connectivity index (χ3n) is 3.31. The van der Waals surface area contributed by atoms with Gasteiger partial charge in [0.2, 0.25) is 5.89 Å². The van der Waals surface area contributed by atoms with Crippen LogP contribution in [0.2, 0.25) is 0 Å². The smallest absolute Gasteiger partial charge is 0.408 e. The van der Waals surface area contributed by atoms with E-state index in [1.54, 1.807) is 31.2 Å². The monoisotopic (exact) mass is 285 g/mol. The molecular formula is C14H11N3O4. The molecule has 1 aromatic carbocycles. The molecular weight excluding hydrogens is 274 g/mol. The number of ketones is 1. The number of hydrogen-bond acceptors (Lipinski definition) is 6. The molecule has 2 aromatic rings. The maximum Gasteiger partial charge on any atom is 0.408 e. The molecule has 0 spiro atoms. The number of para-hydroxylation sites is 2. The molecule has 0 unspecified atom stereocenters. The van der Waals surface area contributed by atoms with Crippen LogP contribution in [0.1, 0.15) is 18.7 Å². The minimum atomic E-state index is -1.19. The van der Waals surface area contributed by atoms with E-state index in [-0.39, 0.29) is 5.89 Å². The van der Waals surface area contributed by atoms with Crippen molar-refractivity contribution in [3.63, 3.8) is 0 Å². The van der Waals surface area contributed by atoms with E-state index in [0.29, 0.717) is 11.1 Å². The number of alkyl carbamates (subject to hydrolysis) is 1. The number of amides is 1. The molecule has 1 aromatic heterocycles. The Kier molecular flexibility index (Phi) is 3.06. The van der Waals surface area contributed by atoms with Crippen molar-refractivity contribution in [2.75, 3.05) is 0 Å². The number of nitriles is 1. The van der Waals surface area contributed by atoms with Crippen LogP contribution in [0, 0.1) is 11.3 Å². The molecule has 1 saturated heterocycles. The summed E-state index contributed by atoms with van der Waals surface area (Å²) < 4.78 is 10.3. The maximum atomic E-state index is 12.4. The quantitative estimate of drug-likeness (QED) is 0.916. The van der Waals surface area contributed by atoms with Crippen LogP contribution in [-0.2, 0) is 9.53 Å². The van der Waals surface area contributed by atoms with E-state index in [9.17, 15) is 14.9 Å². The standard InChI is InChI=1S/C14H11N3O4/c1-7-11(17-14(19)20-7)12(18)8(6-15)13-16-9-4-2-3-5-10(9)21-13/h2-5,7-8,11H,1H3,(H,17,19)/t7-,8+,11+/m0/s1. The van der Waals surface area contributed by atoms with E-state index in [1.165, 1.54) is 0 Å². The van der Waals surface area contributed by atoms with Gasteiger partial charge in [-0.1, -0.05) is 12.1 Å². The van der Waals surface area contributed by atoms with E-state index in [1.807, 2.05) is 6.07 Å². The number of cyclic esters (lactones) is 1. The van der Waals surface area contributed by atoms with E-state index < -0.39 is 29.9 Å². The zero-order chi connectivity index (χ0) is 15.0. The highest BCUT2D eigenvalue weighted by molar-refractivity contribution is 5.96. The van der Waals surface area contributed by atoms with Crippen LogP contribution in [-0.4, -0.2) is 29.0 Å². The maximum absolute atomic E-state index is 12.4. The SMILES string of the molecule is C[C@@H]1OC(=O)N[C@H]1C(=O)[C@@H](C#N)c1nc2ccccc2o1. The lowest BCUT2D eigenvalue weighted by Gasteiger charge is -2.13. The fraction of sp³-hybridized carbons (Fsp3) is 0.286. The van der Waals surface area contributed by atoms with Gasteiger partial charge in [0.1, 0.15) is 17.7 Å². The Morgan fingerprint density at radius 2 is 2.24 bits per heavy atom. The number of fused-ring (bicyclic) bond motifs is 1. The molecule has 2 heterocycles. The normalized spacial score (nSPS) is 22.4. The zero-order valence-electron chi connectivity index (χ0n) is 11.1.